The van der Waals surface area contributed by atoms with Crippen molar-refractivity contribution >= 4 is 27.2 Å². The summed E-state index contributed by atoms with van der Waals surface area (Å²) in [5, 5.41) is 0. The fourth-order valence-corrected chi connectivity index (χ4v) is 3.47. The van der Waals surface area contributed by atoms with Crippen molar-refractivity contribution < 1.29 is 8.42 Å². The molecule has 0 aromatic heterocycles. The first kappa shape index (κ1) is 12.9. The average molecular weight is 250 g/mol. The van der Waals surface area contributed by atoms with Gasteiger partial charge in [-0.3, -0.25) is 0 Å². The third kappa shape index (κ3) is 4.44. The number of thiocarbonyl (C=S) groups is 1. The molecular weight excluding hydrogens is 232 g/mol. The highest BCUT2D eigenvalue weighted by molar-refractivity contribution is 7.89. The second-order valence-corrected chi connectivity index (χ2v) is 6.46. The highest BCUT2D eigenvalue weighted by Crippen LogP contribution is 2.14. The Bertz CT molecular complexity index is 314. The van der Waals surface area contributed by atoms with E-state index in [4.69, 9.17) is 18.0 Å². The van der Waals surface area contributed by atoms with Crippen LogP contribution in [0.25, 0.3) is 0 Å². The second-order valence-electron chi connectivity index (χ2n) is 3.85. The van der Waals surface area contributed by atoms with Gasteiger partial charge in [0, 0.05) is 13.1 Å². The van der Waals surface area contributed by atoms with Crippen molar-refractivity contribution in [2.75, 3.05) is 18.8 Å². The molecule has 1 aliphatic rings. The van der Waals surface area contributed by atoms with Crippen LogP contribution in [-0.4, -0.2) is 36.6 Å². The van der Waals surface area contributed by atoms with E-state index in [1.807, 2.05) is 0 Å². The number of hydrogen-bond acceptors (Lipinski definition) is 3. The Morgan fingerprint density at radius 1 is 1.33 bits per heavy atom. The minimum atomic E-state index is -2.96. The normalized spacial score (nSPS) is 21.3. The average Bonchev–Trinajstić information content (AvgIpc) is 2.13. The molecule has 4 nitrogen and oxygen atoms in total. The van der Waals surface area contributed by atoms with E-state index in [0.29, 0.717) is 30.3 Å². The van der Waals surface area contributed by atoms with Gasteiger partial charge in [-0.15, -0.1) is 0 Å². The molecule has 6 heteroatoms. The maximum absolute atomic E-state index is 11.6. The Balaban J connectivity index is 2.28. The van der Waals surface area contributed by atoms with Crippen molar-refractivity contribution in [2.45, 2.75) is 32.1 Å². The van der Waals surface area contributed by atoms with Gasteiger partial charge in [0.1, 0.15) is 0 Å². The molecule has 0 unspecified atom stereocenters. The monoisotopic (exact) mass is 250 g/mol. The van der Waals surface area contributed by atoms with Gasteiger partial charge in [0.15, 0.2) is 0 Å². The Morgan fingerprint density at radius 2 is 2.07 bits per heavy atom. The molecule has 1 rings (SSSR count). The number of nitrogens with zero attached hydrogens (tertiary/aromatic N) is 1. The summed E-state index contributed by atoms with van der Waals surface area (Å²) in [7, 11) is -2.96. The number of hydrogen-bond donors (Lipinski definition) is 1. The number of rotatable bonds is 5. The zero-order chi connectivity index (χ0) is 11.3. The Morgan fingerprint density at radius 3 is 2.67 bits per heavy atom. The first-order chi connectivity index (χ1) is 7.02. The highest BCUT2D eigenvalue weighted by Gasteiger charge is 2.24. The molecule has 0 atom stereocenters. The van der Waals surface area contributed by atoms with Crippen LogP contribution in [0.3, 0.4) is 0 Å². The van der Waals surface area contributed by atoms with Crippen LogP contribution in [-0.2, 0) is 10.0 Å². The summed E-state index contributed by atoms with van der Waals surface area (Å²) in [6.45, 7) is 1.29. The Kier molecular flexibility index (Phi) is 4.95. The zero-order valence-corrected chi connectivity index (χ0v) is 10.4. The van der Waals surface area contributed by atoms with Gasteiger partial charge in [0.2, 0.25) is 10.0 Å². The van der Waals surface area contributed by atoms with E-state index in [-0.39, 0.29) is 0 Å². The molecule has 15 heavy (non-hydrogen) atoms. The van der Waals surface area contributed by atoms with Gasteiger partial charge in [-0.2, -0.15) is 0 Å². The van der Waals surface area contributed by atoms with Crippen molar-refractivity contribution in [3.63, 3.8) is 0 Å². The van der Waals surface area contributed by atoms with Crippen LogP contribution in [0.5, 0.6) is 0 Å². The third-order valence-corrected chi connectivity index (χ3v) is 4.69. The molecular formula is C9H18N2O2S2. The fourth-order valence-electron chi connectivity index (χ4n) is 1.68. The van der Waals surface area contributed by atoms with Crippen molar-refractivity contribution in [2.24, 2.45) is 5.73 Å². The highest BCUT2D eigenvalue weighted by atomic mass is 32.2. The third-order valence-electron chi connectivity index (χ3n) is 2.53. The van der Waals surface area contributed by atoms with Crippen molar-refractivity contribution in [1.82, 2.24) is 4.31 Å². The van der Waals surface area contributed by atoms with Gasteiger partial charge in [-0.05, 0) is 32.1 Å². The van der Waals surface area contributed by atoms with Crippen LogP contribution in [0.2, 0.25) is 0 Å². The molecule has 0 spiro atoms. The molecule has 0 aliphatic carbocycles. The molecule has 0 saturated carbocycles. The quantitative estimate of drug-likeness (QED) is 0.581. The lowest BCUT2D eigenvalue weighted by molar-refractivity contribution is 0.376. The lowest BCUT2D eigenvalue weighted by Gasteiger charge is -2.26. The Hall–Kier alpha value is -0.200. The van der Waals surface area contributed by atoms with Gasteiger partial charge in [0.05, 0.1) is 10.7 Å². The smallest absolute Gasteiger partial charge is 0.214 e. The number of sulfonamides is 1. The standard InChI is InChI=1S/C9H18N2O2S2/c10-9(14)5-1-2-6-11-7-3-4-8-15(11,12)13/h1-8H2,(H2,10,14). The first-order valence-corrected chi connectivity index (χ1v) is 7.30. The van der Waals surface area contributed by atoms with E-state index in [0.717, 1.165) is 25.7 Å². The van der Waals surface area contributed by atoms with Crippen molar-refractivity contribution in [1.29, 1.82) is 0 Å². The van der Waals surface area contributed by atoms with Gasteiger partial charge in [-0.1, -0.05) is 12.2 Å². The summed E-state index contributed by atoms with van der Waals surface area (Å²) in [5.74, 6) is 0.308. The van der Waals surface area contributed by atoms with Crippen LogP contribution in [0.1, 0.15) is 32.1 Å². The molecule has 1 heterocycles. The molecule has 1 fully saturated rings. The van der Waals surface area contributed by atoms with E-state index < -0.39 is 10.0 Å². The predicted molar refractivity (Wildman–Crippen MR) is 65.2 cm³/mol. The molecule has 0 aromatic carbocycles. The maximum Gasteiger partial charge on any atom is 0.214 e. The molecule has 88 valence electrons. The van der Waals surface area contributed by atoms with Gasteiger partial charge in [0.25, 0.3) is 0 Å². The topological polar surface area (TPSA) is 63.4 Å². The SMILES string of the molecule is NC(=S)CCCCN1CCCCS1(=O)=O. The number of nitrogens with two attached hydrogens (primary N) is 1. The lowest BCUT2D eigenvalue weighted by atomic mass is 10.2. The first-order valence-electron chi connectivity index (χ1n) is 5.28. The zero-order valence-electron chi connectivity index (χ0n) is 8.81. The molecule has 0 amide bonds. The van der Waals surface area contributed by atoms with Crippen LogP contribution in [0, 0.1) is 0 Å². The Labute approximate surface area is 96.9 Å². The van der Waals surface area contributed by atoms with E-state index in [9.17, 15) is 8.42 Å². The van der Waals surface area contributed by atoms with Crippen LogP contribution in [0.15, 0.2) is 0 Å². The summed E-state index contributed by atoms with van der Waals surface area (Å²) >= 11 is 4.76. The summed E-state index contributed by atoms with van der Waals surface area (Å²) in [6.07, 6.45) is 4.21. The van der Waals surface area contributed by atoms with Gasteiger partial charge in [-0.25, -0.2) is 12.7 Å². The molecule has 1 saturated heterocycles. The van der Waals surface area contributed by atoms with E-state index in [1.54, 1.807) is 4.31 Å². The maximum atomic E-state index is 11.6. The van der Waals surface area contributed by atoms with Crippen molar-refractivity contribution in [3.8, 4) is 0 Å². The molecule has 1 aliphatic heterocycles. The van der Waals surface area contributed by atoms with Gasteiger partial charge >= 0.3 is 0 Å². The van der Waals surface area contributed by atoms with Crippen LogP contribution >= 0.6 is 12.2 Å². The molecule has 2 N–H and O–H groups in total. The lowest BCUT2D eigenvalue weighted by Crippen LogP contribution is -2.38. The summed E-state index contributed by atoms with van der Waals surface area (Å²) < 4.78 is 24.8. The van der Waals surface area contributed by atoms with Gasteiger partial charge < -0.3 is 5.73 Å². The molecule has 0 aromatic rings. The van der Waals surface area contributed by atoms with Crippen LogP contribution < -0.4 is 5.73 Å². The summed E-state index contributed by atoms with van der Waals surface area (Å²) in [6, 6.07) is 0. The second kappa shape index (κ2) is 5.77. The minimum absolute atomic E-state index is 0.308. The molecule has 0 bridgehead atoms. The summed E-state index contributed by atoms with van der Waals surface area (Å²) in [4.78, 5) is 0.511. The van der Waals surface area contributed by atoms with Crippen molar-refractivity contribution in [3.05, 3.63) is 0 Å². The predicted octanol–water partition coefficient (Wildman–Crippen LogP) is 0.868. The van der Waals surface area contributed by atoms with Crippen LogP contribution in [0.4, 0.5) is 0 Å². The largest absolute Gasteiger partial charge is 0.393 e. The summed E-state index contributed by atoms with van der Waals surface area (Å²) in [5.41, 5.74) is 5.36. The minimum Gasteiger partial charge on any atom is -0.393 e. The van der Waals surface area contributed by atoms with E-state index in [2.05, 4.69) is 0 Å². The fraction of sp³-hybridized carbons (Fsp3) is 0.889. The molecule has 0 radical (unpaired) electrons. The van der Waals surface area contributed by atoms with E-state index >= 15 is 0 Å². The number of unbranched alkanes of at least 4 members (excludes halogenated alkanes) is 1. The van der Waals surface area contributed by atoms with E-state index in [1.165, 1.54) is 0 Å².